The second kappa shape index (κ2) is 5.39. The molecular formula is C18H22N2. The van der Waals surface area contributed by atoms with E-state index in [1.54, 1.807) is 0 Å². The van der Waals surface area contributed by atoms with Gasteiger partial charge in [-0.2, -0.15) is 0 Å². The van der Waals surface area contributed by atoms with Crippen LogP contribution < -0.4 is 11.5 Å². The lowest BCUT2D eigenvalue weighted by atomic mass is 9.86. The molecule has 2 nitrogen and oxygen atoms in total. The summed E-state index contributed by atoms with van der Waals surface area (Å²) in [6, 6.07) is 15.2. The van der Waals surface area contributed by atoms with Crippen molar-refractivity contribution in [3.8, 4) is 11.1 Å². The van der Waals surface area contributed by atoms with Gasteiger partial charge in [0.25, 0.3) is 0 Å². The van der Waals surface area contributed by atoms with Crippen LogP contribution in [0.1, 0.15) is 42.4 Å². The van der Waals surface area contributed by atoms with Gasteiger partial charge in [0.2, 0.25) is 0 Å². The van der Waals surface area contributed by atoms with Crippen molar-refractivity contribution in [2.45, 2.75) is 38.3 Å². The van der Waals surface area contributed by atoms with Crippen molar-refractivity contribution < 1.29 is 0 Å². The number of benzene rings is 2. The first kappa shape index (κ1) is 13.3. The minimum absolute atomic E-state index is 0.254. The van der Waals surface area contributed by atoms with Gasteiger partial charge >= 0.3 is 0 Å². The zero-order valence-corrected chi connectivity index (χ0v) is 12.0. The van der Waals surface area contributed by atoms with Crippen molar-refractivity contribution in [3.05, 3.63) is 59.2 Å². The quantitative estimate of drug-likeness (QED) is 0.711. The van der Waals surface area contributed by atoms with Crippen molar-refractivity contribution in [1.29, 1.82) is 0 Å². The maximum Gasteiger partial charge on any atom is 0.0591 e. The van der Waals surface area contributed by atoms with Gasteiger partial charge in [-0.3, -0.25) is 0 Å². The summed E-state index contributed by atoms with van der Waals surface area (Å²) < 4.78 is 0. The van der Waals surface area contributed by atoms with Crippen LogP contribution in [0.2, 0.25) is 0 Å². The van der Waals surface area contributed by atoms with Gasteiger partial charge in [-0.25, -0.2) is 0 Å². The van der Waals surface area contributed by atoms with E-state index in [2.05, 4.69) is 49.4 Å². The minimum Gasteiger partial charge on any atom is -0.316 e. The summed E-state index contributed by atoms with van der Waals surface area (Å²) in [7, 11) is 0. The van der Waals surface area contributed by atoms with Crippen LogP contribution in [0.5, 0.6) is 0 Å². The second-order valence-electron chi connectivity index (χ2n) is 5.68. The molecule has 3 rings (SSSR count). The lowest BCUT2D eigenvalue weighted by molar-refractivity contribution is 0.505. The number of rotatable bonds is 4. The third-order valence-electron chi connectivity index (χ3n) is 4.35. The van der Waals surface area contributed by atoms with E-state index in [-0.39, 0.29) is 12.1 Å². The molecule has 0 bridgehead atoms. The molecule has 4 N–H and O–H groups in total. The van der Waals surface area contributed by atoms with Crippen LogP contribution in [0.25, 0.3) is 11.1 Å². The number of fused-ring (bicyclic) bond motifs is 3. The van der Waals surface area contributed by atoms with Gasteiger partial charge in [-0.05, 0) is 40.7 Å². The molecule has 0 saturated heterocycles. The van der Waals surface area contributed by atoms with Crippen LogP contribution in [0.4, 0.5) is 0 Å². The number of nitrogens with two attached hydrogens (primary N) is 2. The molecule has 2 heteroatoms. The average Bonchev–Trinajstić information content (AvgIpc) is 2.83. The van der Waals surface area contributed by atoms with Crippen molar-refractivity contribution in [2.24, 2.45) is 11.5 Å². The molecule has 0 radical (unpaired) electrons. The molecule has 0 fully saturated rings. The van der Waals surface area contributed by atoms with E-state index in [9.17, 15) is 0 Å². The summed E-state index contributed by atoms with van der Waals surface area (Å²) in [5.41, 5.74) is 19.0. The van der Waals surface area contributed by atoms with Crippen LogP contribution >= 0.6 is 0 Å². The normalized spacial score (nSPS) is 14.2. The van der Waals surface area contributed by atoms with Crippen LogP contribution in [0, 0.1) is 0 Å². The van der Waals surface area contributed by atoms with Crippen molar-refractivity contribution >= 4 is 0 Å². The lowest BCUT2D eigenvalue weighted by Gasteiger charge is -2.23. The summed E-state index contributed by atoms with van der Waals surface area (Å²) in [6.45, 7) is 2.19. The van der Waals surface area contributed by atoms with E-state index in [0.29, 0.717) is 0 Å². The zero-order chi connectivity index (χ0) is 14.1. The molecule has 1 unspecified atom stereocenters. The fraction of sp³-hybridized carbons (Fsp3) is 0.333. The largest absolute Gasteiger partial charge is 0.316 e. The molecule has 0 saturated carbocycles. The Labute approximate surface area is 120 Å². The Balaban J connectivity index is 2.08. The zero-order valence-electron chi connectivity index (χ0n) is 12.0. The smallest absolute Gasteiger partial charge is 0.0591 e. The monoisotopic (exact) mass is 266 g/mol. The Morgan fingerprint density at radius 1 is 1.00 bits per heavy atom. The van der Waals surface area contributed by atoms with Gasteiger partial charge < -0.3 is 11.5 Å². The summed E-state index contributed by atoms with van der Waals surface area (Å²) in [5.74, 6) is 0.254. The van der Waals surface area contributed by atoms with Crippen molar-refractivity contribution in [1.82, 2.24) is 0 Å². The topological polar surface area (TPSA) is 52.0 Å². The molecule has 2 aromatic carbocycles. The van der Waals surface area contributed by atoms with E-state index in [1.807, 2.05) is 0 Å². The molecule has 1 aliphatic carbocycles. The molecular weight excluding hydrogens is 244 g/mol. The summed E-state index contributed by atoms with van der Waals surface area (Å²) in [5, 5.41) is 0. The van der Waals surface area contributed by atoms with Gasteiger partial charge in [0.05, 0.1) is 6.17 Å². The van der Waals surface area contributed by atoms with E-state index >= 15 is 0 Å². The minimum atomic E-state index is -0.287. The molecule has 2 aromatic rings. The van der Waals surface area contributed by atoms with E-state index in [1.165, 1.54) is 27.8 Å². The fourth-order valence-corrected chi connectivity index (χ4v) is 3.40. The van der Waals surface area contributed by atoms with Crippen LogP contribution in [0.3, 0.4) is 0 Å². The van der Waals surface area contributed by atoms with Crippen LogP contribution in [-0.2, 0) is 6.42 Å². The van der Waals surface area contributed by atoms with Crippen LogP contribution in [0.15, 0.2) is 42.5 Å². The van der Waals surface area contributed by atoms with Gasteiger partial charge in [0.15, 0.2) is 0 Å². The van der Waals surface area contributed by atoms with Gasteiger partial charge in [0, 0.05) is 5.92 Å². The molecule has 104 valence electrons. The Morgan fingerprint density at radius 3 is 2.50 bits per heavy atom. The first-order chi connectivity index (χ1) is 9.72. The number of hydrogen-bond acceptors (Lipinski definition) is 2. The van der Waals surface area contributed by atoms with E-state index < -0.39 is 0 Å². The van der Waals surface area contributed by atoms with E-state index in [0.717, 1.165) is 19.3 Å². The van der Waals surface area contributed by atoms with Gasteiger partial charge in [0.1, 0.15) is 0 Å². The molecule has 0 spiro atoms. The highest BCUT2D eigenvalue weighted by Gasteiger charge is 2.25. The molecule has 0 heterocycles. The fourth-order valence-electron chi connectivity index (χ4n) is 3.40. The van der Waals surface area contributed by atoms with Gasteiger partial charge in [-0.1, -0.05) is 55.8 Å². The van der Waals surface area contributed by atoms with Crippen molar-refractivity contribution in [3.63, 3.8) is 0 Å². The highest BCUT2D eigenvalue weighted by molar-refractivity contribution is 5.78. The maximum atomic E-state index is 6.03. The molecule has 1 aliphatic rings. The summed E-state index contributed by atoms with van der Waals surface area (Å²) in [6.07, 6.45) is 2.87. The number of hydrogen-bond donors (Lipinski definition) is 2. The molecule has 1 atom stereocenters. The summed E-state index contributed by atoms with van der Waals surface area (Å²) in [4.78, 5) is 0. The lowest BCUT2D eigenvalue weighted by Crippen LogP contribution is -2.37. The SMILES string of the molecule is CCCC(c1cccc2c1Cc1ccccc1-2)C(N)N. The Bertz CT molecular complexity index is 617. The highest BCUT2D eigenvalue weighted by atomic mass is 14.9. The Hall–Kier alpha value is -1.64. The Morgan fingerprint density at radius 2 is 1.75 bits per heavy atom. The third-order valence-corrected chi connectivity index (χ3v) is 4.35. The first-order valence-corrected chi connectivity index (χ1v) is 7.43. The maximum absolute atomic E-state index is 6.03. The molecule has 0 amide bonds. The average molecular weight is 266 g/mol. The predicted octanol–water partition coefficient (Wildman–Crippen LogP) is 3.39. The standard InChI is InChI=1S/C18H22N2/c1-2-6-16(18(19)20)15-10-5-9-14-13-8-4-3-7-12(13)11-17(14)15/h3-5,7-10,16,18H,2,6,11,19-20H2,1H3. The van der Waals surface area contributed by atoms with Crippen LogP contribution in [-0.4, -0.2) is 6.17 Å². The predicted molar refractivity (Wildman–Crippen MR) is 84.5 cm³/mol. The van der Waals surface area contributed by atoms with Gasteiger partial charge in [-0.15, -0.1) is 0 Å². The molecule has 0 aromatic heterocycles. The summed E-state index contributed by atoms with van der Waals surface area (Å²) >= 11 is 0. The second-order valence-corrected chi connectivity index (χ2v) is 5.68. The first-order valence-electron chi connectivity index (χ1n) is 7.43. The van der Waals surface area contributed by atoms with Crippen molar-refractivity contribution in [2.75, 3.05) is 0 Å². The molecule has 0 aliphatic heterocycles. The highest BCUT2D eigenvalue weighted by Crippen LogP contribution is 2.41. The molecule has 20 heavy (non-hydrogen) atoms. The third kappa shape index (κ3) is 2.15. The van der Waals surface area contributed by atoms with E-state index in [4.69, 9.17) is 11.5 Å². The Kier molecular flexibility index (Phi) is 3.60.